The maximum absolute atomic E-state index is 11.6. The molecule has 6 heteroatoms. The summed E-state index contributed by atoms with van der Waals surface area (Å²) >= 11 is -0.994. The average molecular weight is 241 g/mol. The van der Waals surface area contributed by atoms with Gasteiger partial charge in [-0.2, -0.15) is 0 Å². The molecule has 1 rings (SSSR count). The number of carbonyl (C=O) groups excluding carboxylic acids is 1. The Morgan fingerprint density at radius 1 is 1.56 bits per heavy atom. The van der Waals surface area contributed by atoms with E-state index in [0.29, 0.717) is 18.1 Å². The highest BCUT2D eigenvalue weighted by atomic mass is 32.2. The molecule has 0 fully saturated rings. The van der Waals surface area contributed by atoms with Crippen molar-refractivity contribution in [2.75, 3.05) is 19.3 Å². The third-order valence-corrected chi connectivity index (χ3v) is 3.15. The van der Waals surface area contributed by atoms with E-state index in [1.54, 1.807) is 13.2 Å². The van der Waals surface area contributed by atoms with Gasteiger partial charge in [0.25, 0.3) is 0 Å². The molecule has 88 valence electrons. The van der Waals surface area contributed by atoms with Gasteiger partial charge in [0.05, 0.1) is 12.2 Å². The fourth-order valence-electron chi connectivity index (χ4n) is 1.09. The molecule has 0 radical (unpaired) electrons. The van der Waals surface area contributed by atoms with Crippen LogP contribution in [0.3, 0.4) is 0 Å². The van der Waals surface area contributed by atoms with Gasteiger partial charge in [-0.1, -0.05) is 6.07 Å². The molecule has 1 heterocycles. The molecule has 5 nitrogen and oxygen atoms in total. The smallest absolute Gasteiger partial charge is 0.314 e. The van der Waals surface area contributed by atoms with Gasteiger partial charge in [-0.25, -0.2) is 4.79 Å². The third-order valence-electron chi connectivity index (χ3n) is 1.88. The summed E-state index contributed by atoms with van der Waals surface area (Å²) in [7, 11) is 1.54. The number of carbonyl (C=O) groups is 1. The maximum atomic E-state index is 11.6. The average Bonchev–Trinajstić information content (AvgIpc) is 2.30. The minimum absolute atomic E-state index is 0.255. The molecule has 0 aliphatic carbocycles. The summed E-state index contributed by atoms with van der Waals surface area (Å²) in [6.07, 6.45) is 1.68. The van der Waals surface area contributed by atoms with E-state index in [2.05, 4.69) is 15.6 Å². The Bertz CT molecular complexity index is 321. The van der Waals surface area contributed by atoms with Gasteiger partial charge in [0.2, 0.25) is 0 Å². The van der Waals surface area contributed by atoms with Gasteiger partial charge in [-0.05, 0) is 23.3 Å². The second-order valence-electron chi connectivity index (χ2n) is 3.12. The van der Waals surface area contributed by atoms with Gasteiger partial charge in [0, 0.05) is 13.2 Å². The Hall–Kier alpha value is -1.27. The molecule has 1 unspecified atom stereocenters. The van der Waals surface area contributed by atoms with Crippen molar-refractivity contribution in [2.24, 2.45) is 0 Å². The van der Waals surface area contributed by atoms with E-state index in [0.717, 1.165) is 5.69 Å². The highest BCUT2D eigenvalue weighted by molar-refractivity contribution is 7.90. The summed E-state index contributed by atoms with van der Waals surface area (Å²) in [6.45, 7) is 0.402. The molecule has 16 heavy (non-hydrogen) atoms. The van der Waals surface area contributed by atoms with Crippen molar-refractivity contribution in [3.63, 3.8) is 0 Å². The van der Waals surface area contributed by atoms with E-state index in [-0.39, 0.29) is 6.03 Å². The number of hydrogen-bond donors (Lipinski definition) is 2. The monoisotopic (exact) mass is 241 g/mol. The highest BCUT2D eigenvalue weighted by Crippen LogP contribution is 2.02. The van der Waals surface area contributed by atoms with Crippen LogP contribution in [0.1, 0.15) is 5.69 Å². The molecule has 0 bridgehead atoms. The summed E-state index contributed by atoms with van der Waals surface area (Å²) in [5, 5.41) is 5.01. The van der Waals surface area contributed by atoms with Crippen LogP contribution in [0.15, 0.2) is 24.4 Å². The van der Waals surface area contributed by atoms with Crippen LogP contribution in [0, 0.1) is 0 Å². The van der Waals surface area contributed by atoms with Crippen LogP contribution in [-0.2, 0) is 16.9 Å². The summed E-state index contributed by atoms with van der Waals surface area (Å²) < 4.78 is 11.6. The summed E-state index contributed by atoms with van der Waals surface area (Å²) in [5.41, 5.74) is 0.806. The van der Waals surface area contributed by atoms with Crippen LogP contribution < -0.4 is 10.6 Å². The van der Waals surface area contributed by atoms with Gasteiger partial charge < -0.3 is 15.2 Å². The molecule has 0 saturated heterocycles. The first-order valence-electron chi connectivity index (χ1n) is 4.93. The first-order valence-corrected chi connectivity index (χ1v) is 6.41. The zero-order valence-corrected chi connectivity index (χ0v) is 9.92. The highest BCUT2D eigenvalue weighted by Gasteiger charge is 2.08. The number of nitrogens with zero attached hydrogens (tertiary/aromatic N) is 1. The fraction of sp³-hybridized carbons (Fsp3) is 0.400. The number of aromatic nitrogens is 1. The van der Waals surface area contributed by atoms with Crippen molar-refractivity contribution in [3.05, 3.63) is 30.1 Å². The number of urea groups is 1. The van der Waals surface area contributed by atoms with Crippen LogP contribution in [-0.4, -0.2) is 34.9 Å². The van der Waals surface area contributed by atoms with Gasteiger partial charge in [0.1, 0.15) is 11.5 Å². The summed E-state index contributed by atoms with van der Waals surface area (Å²) in [5.74, 6) is 0.861. The Morgan fingerprint density at radius 3 is 3.00 bits per heavy atom. The molecule has 1 aromatic rings. The van der Waals surface area contributed by atoms with E-state index in [1.807, 2.05) is 18.2 Å². The molecule has 0 aliphatic rings. The first kappa shape index (κ1) is 12.8. The third kappa shape index (κ3) is 4.99. The van der Waals surface area contributed by atoms with E-state index in [9.17, 15) is 9.35 Å². The van der Waals surface area contributed by atoms with E-state index < -0.39 is 11.2 Å². The molecule has 0 aliphatic heterocycles. The number of rotatable bonds is 5. The first-order chi connectivity index (χ1) is 7.72. The second-order valence-corrected chi connectivity index (χ2v) is 4.69. The lowest BCUT2D eigenvalue weighted by Crippen LogP contribution is -2.36. The topological polar surface area (TPSA) is 77.1 Å². The molecule has 1 atom stereocenters. The second kappa shape index (κ2) is 7.08. The lowest BCUT2D eigenvalue weighted by molar-refractivity contribution is 0.243. The maximum Gasteiger partial charge on any atom is 0.314 e. The molecule has 0 aromatic carbocycles. The molecular formula is C10H15N3O2S. The number of nitrogens with one attached hydrogen (secondary N) is 2. The Kier molecular flexibility index (Phi) is 5.66. The number of hydrogen-bond acceptors (Lipinski definition) is 3. The SMILES string of the molecule is CNC(=O)NCC[S+]([O-])Cc1ccccn1. The predicted octanol–water partition coefficient (Wildman–Crippen LogP) is 0.259. The lowest BCUT2D eigenvalue weighted by atomic mass is 10.4. The summed E-state index contributed by atoms with van der Waals surface area (Å²) in [4.78, 5) is 14.9. The van der Waals surface area contributed by atoms with Gasteiger partial charge in [-0.15, -0.1) is 0 Å². The van der Waals surface area contributed by atoms with E-state index in [1.165, 1.54) is 0 Å². The minimum Gasteiger partial charge on any atom is -0.616 e. The minimum atomic E-state index is -0.994. The van der Waals surface area contributed by atoms with Crippen LogP contribution in [0.2, 0.25) is 0 Å². The van der Waals surface area contributed by atoms with Crippen LogP contribution in [0.5, 0.6) is 0 Å². The van der Waals surface area contributed by atoms with Crippen molar-refractivity contribution in [3.8, 4) is 0 Å². The number of pyridine rings is 1. The lowest BCUT2D eigenvalue weighted by Gasteiger charge is -2.10. The van der Waals surface area contributed by atoms with Gasteiger partial charge in [0.15, 0.2) is 0 Å². The number of amides is 2. The predicted molar refractivity (Wildman–Crippen MR) is 63.4 cm³/mol. The normalized spacial score (nSPS) is 11.9. The standard InChI is InChI=1S/C10H15N3O2S/c1-11-10(14)13-6-7-16(15)8-9-4-2-3-5-12-9/h2-5H,6-8H2,1H3,(H2,11,13,14). The molecule has 2 amide bonds. The Balaban J connectivity index is 2.21. The van der Waals surface area contributed by atoms with Gasteiger partial charge >= 0.3 is 6.03 Å². The zero-order valence-electron chi connectivity index (χ0n) is 9.10. The van der Waals surface area contributed by atoms with Gasteiger partial charge in [-0.3, -0.25) is 4.98 Å². The zero-order chi connectivity index (χ0) is 11.8. The molecule has 1 aromatic heterocycles. The van der Waals surface area contributed by atoms with Crippen molar-refractivity contribution >= 4 is 17.2 Å². The van der Waals surface area contributed by atoms with Crippen molar-refractivity contribution < 1.29 is 9.35 Å². The van der Waals surface area contributed by atoms with Crippen LogP contribution >= 0.6 is 0 Å². The van der Waals surface area contributed by atoms with Crippen molar-refractivity contribution in [1.29, 1.82) is 0 Å². The summed E-state index contributed by atoms with van der Waals surface area (Å²) in [6, 6.07) is 5.27. The van der Waals surface area contributed by atoms with E-state index in [4.69, 9.17) is 0 Å². The molecule has 0 spiro atoms. The fourth-order valence-corrected chi connectivity index (χ4v) is 2.06. The van der Waals surface area contributed by atoms with E-state index >= 15 is 0 Å². The largest absolute Gasteiger partial charge is 0.616 e. The van der Waals surface area contributed by atoms with Crippen molar-refractivity contribution in [2.45, 2.75) is 5.75 Å². The molecular weight excluding hydrogens is 226 g/mol. The van der Waals surface area contributed by atoms with Crippen molar-refractivity contribution in [1.82, 2.24) is 15.6 Å². The molecule has 2 N–H and O–H groups in total. The van der Waals surface area contributed by atoms with Crippen LogP contribution in [0.4, 0.5) is 4.79 Å². The van der Waals surface area contributed by atoms with Crippen LogP contribution in [0.25, 0.3) is 0 Å². The quantitative estimate of drug-likeness (QED) is 0.726. The Labute approximate surface area is 97.8 Å². The Morgan fingerprint density at radius 2 is 2.38 bits per heavy atom. The molecule has 0 saturated carbocycles.